The van der Waals surface area contributed by atoms with Crippen LogP contribution in [0, 0.1) is 11.8 Å². The molecule has 1 heterocycles. The van der Waals surface area contributed by atoms with Crippen molar-refractivity contribution in [2.24, 2.45) is 11.8 Å². The number of carboxylic acids is 1. The van der Waals surface area contributed by atoms with Gasteiger partial charge in [0.1, 0.15) is 0 Å². The topological polar surface area (TPSA) is 78.4 Å². The van der Waals surface area contributed by atoms with Crippen molar-refractivity contribution in [3.63, 3.8) is 0 Å². The monoisotopic (exact) mass is 270 g/mol. The summed E-state index contributed by atoms with van der Waals surface area (Å²) >= 11 is 0. The maximum Gasteiger partial charge on any atom is 0.305 e. The van der Waals surface area contributed by atoms with Crippen LogP contribution in [0.1, 0.15) is 46.0 Å². The van der Waals surface area contributed by atoms with E-state index in [9.17, 15) is 9.59 Å². The van der Waals surface area contributed by atoms with E-state index in [1.54, 1.807) is 0 Å². The van der Waals surface area contributed by atoms with Gasteiger partial charge in [-0.3, -0.25) is 9.59 Å². The summed E-state index contributed by atoms with van der Waals surface area (Å²) in [6.07, 6.45) is 3.49. The third-order valence-electron chi connectivity index (χ3n) is 3.93. The Morgan fingerprint density at radius 3 is 2.68 bits per heavy atom. The van der Waals surface area contributed by atoms with Crippen molar-refractivity contribution in [1.29, 1.82) is 0 Å². The molecule has 0 saturated carbocycles. The number of aliphatic carboxylic acids is 1. The molecule has 5 heteroatoms. The normalized spacial score (nSPS) is 22.5. The number of carbonyl (C=O) groups is 2. The Morgan fingerprint density at radius 1 is 1.42 bits per heavy atom. The van der Waals surface area contributed by atoms with Gasteiger partial charge < -0.3 is 15.7 Å². The zero-order valence-electron chi connectivity index (χ0n) is 11.9. The second kappa shape index (κ2) is 8.15. The van der Waals surface area contributed by atoms with Crippen molar-refractivity contribution in [2.75, 3.05) is 13.1 Å². The molecular formula is C14H26N2O3. The summed E-state index contributed by atoms with van der Waals surface area (Å²) in [5.74, 6) is 0.0111. The first kappa shape index (κ1) is 16.0. The highest BCUT2D eigenvalue weighted by atomic mass is 16.4. The lowest BCUT2D eigenvalue weighted by Gasteiger charge is -2.28. The second-order valence-electron chi connectivity index (χ2n) is 5.56. The highest BCUT2D eigenvalue weighted by Crippen LogP contribution is 2.22. The molecule has 0 radical (unpaired) electrons. The van der Waals surface area contributed by atoms with E-state index in [-0.39, 0.29) is 18.4 Å². The van der Waals surface area contributed by atoms with Crippen LogP contribution in [0.15, 0.2) is 0 Å². The molecule has 1 amide bonds. The number of rotatable bonds is 7. The lowest BCUT2D eigenvalue weighted by molar-refractivity contribution is -0.137. The van der Waals surface area contributed by atoms with Gasteiger partial charge in [0.15, 0.2) is 0 Å². The molecule has 110 valence electrons. The Labute approximate surface area is 115 Å². The minimum atomic E-state index is -0.864. The van der Waals surface area contributed by atoms with Crippen LogP contribution in [0.5, 0.6) is 0 Å². The number of amides is 1. The summed E-state index contributed by atoms with van der Waals surface area (Å²) in [5.41, 5.74) is 0. The van der Waals surface area contributed by atoms with Gasteiger partial charge in [-0.05, 0) is 44.2 Å². The SMILES string of the molecule is CCC(CC(=O)O)NC(=O)CC(C)C1CCCNC1. The van der Waals surface area contributed by atoms with Crippen LogP contribution in [-0.4, -0.2) is 36.1 Å². The number of carbonyl (C=O) groups excluding carboxylic acids is 1. The Morgan fingerprint density at radius 2 is 2.16 bits per heavy atom. The van der Waals surface area contributed by atoms with Crippen molar-refractivity contribution in [2.45, 2.75) is 52.0 Å². The van der Waals surface area contributed by atoms with Crippen molar-refractivity contribution >= 4 is 11.9 Å². The summed E-state index contributed by atoms with van der Waals surface area (Å²) in [4.78, 5) is 22.6. The van der Waals surface area contributed by atoms with Gasteiger partial charge in [0.05, 0.1) is 6.42 Å². The van der Waals surface area contributed by atoms with Gasteiger partial charge in [0, 0.05) is 12.5 Å². The molecule has 3 atom stereocenters. The standard InChI is InChI=1S/C14H26N2O3/c1-3-12(8-14(18)19)16-13(17)7-10(2)11-5-4-6-15-9-11/h10-12,15H,3-9H2,1-2H3,(H,16,17)(H,18,19). The van der Waals surface area contributed by atoms with Crippen LogP contribution in [0.2, 0.25) is 0 Å². The molecule has 0 aromatic carbocycles. The molecular weight excluding hydrogens is 244 g/mol. The fraction of sp³-hybridized carbons (Fsp3) is 0.857. The molecule has 0 aliphatic carbocycles. The minimum Gasteiger partial charge on any atom is -0.481 e. The molecule has 0 aromatic rings. The first-order valence-corrected chi connectivity index (χ1v) is 7.24. The number of hydrogen-bond acceptors (Lipinski definition) is 3. The van der Waals surface area contributed by atoms with Crippen LogP contribution in [0.25, 0.3) is 0 Å². The van der Waals surface area contributed by atoms with E-state index in [2.05, 4.69) is 17.6 Å². The van der Waals surface area contributed by atoms with E-state index in [0.717, 1.165) is 13.1 Å². The molecule has 1 aliphatic rings. The van der Waals surface area contributed by atoms with E-state index < -0.39 is 5.97 Å². The van der Waals surface area contributed by atoms with Crippen LogP contribution in [0.3, 0.4) is 0 Å². The van der Waals surface area contributed by atoms with Crippen molar-refractivity contribution < 1.29 is 14.7 Å². The molecule has 1 aliphatic heterocycles. The average Bonchev–Trinajstić information content (AvgIpc) is 2.38. The third-order valence-corrected chi connectivity index (χ3v) is 3.93. The molecule has 0 spiro atoms. The van der Waals surface area contributed by atoms with Crippen LogP contribution in [-0.2, 0) is 9.59 Å². The van der Waals surface area contributed by atoms with Gasteiger partial charge in [0.25, 0.3) is 0 Å². The fourth-order valence-electron chi connectivity index (χ4n) is 2.62. The molecule has 3 N–H and O–H groups in total. The zero-order chi connectivity index (χ0) is 14.3. The van der Waals surface area contributed by atoms with Crippen molar-refractivity contribution in [3.05, 3.63) is 0 Å². The number of nitrogens with one attached hydrogen (secondary N) is 2. The zero-order valence-corrected chi connectivity index (χ0v) is 11.9. The predicted octanol–water partition coefficient (Wildman–Crippen LogP) is 1.38. The molecule has 1 fully saturated rings. The first-order valence-electron chi connectivity index (χ1n) is 7.24. The van der Waals surface area contributed by atoms with Gasteiger partial charge in [-0.1, -0.05) is 13.8 Å². The summed E-state index contributed by atoms with van der Waals surface area (Å²) < 4.78 is 0. The second-order valence-corrected chi connectivity index (χ2v) is 5.56. The van der Waals surface area contributed by atoms with Crippen molar-refractivity contribution in [1.82, 2.24) is 10.6 Å². The maximum absolute atomic E-state index is 11.9. The molecule has 5 nitrogen and oxygen atoms in total. The summed E-state index contributed by atoms with van der Waals surface area (Å²) in [6.45, 7) is 6.06. The van der Waals surface area contributed by atoms with E-state index in [1.165, 1.54) is 12.8 Å². The van der Waals surface area contributed by atoms with Crippen molar-refractivity contribution in [3.8, 4) is 0 Å². The summed E-state index contributed by atoms with van der Waals surface area (Å²) in [6, 6.07) is -0.248. The first-order chi connectivity index (χ1) is 9.02. The van der Waals surface area contributed by atoms with E-state index in [0.29, 0.717) is 24.7 Å². The van der Waals surface area contributed by atoms with E-state index in [1.807, 2.05) is 6.92 Å². The average molecular weight is 270 g/mol. The van der Waals surface area contributed by atoms with Crippen LogP contribution >= 0.6 is 0 Å². The van der Waals surface area contributed by atoms with E-state index in [4.69, 9.17) is 5.11 Å². The maximum atomic E-state index is 11.9. The Kier molecular flexibility index (Phi) is 6.84. The Hall–Kier alpha value is -1.10. The lowest BCUT2D eigenvalue weighted by Crippen LogP contribution is -2.39. The predicted molar refractivity (Wildman–Crippen MR) is 73.8 cm³/mol. The summed E-state index contributed by atoms with van der Waals surface area (Å²) in [7, 11) is 0. The number of piperidine rings is 1. The van der Waals surface area contributed by atoms with Gasteiger partial charge in [-0.2, -0.15) is 0 Å². The molecule has 3 unspecified atom stereocenters. The molecule has 0 bridgehead atoms. The van der Waals surface area contributed by atoms with Gasteiger partial charge in [0.2, 0.25) is 5.91 Å². The smallest absolute Gasteiger partial charge is 0.305 e. The Bertz CT molecular complexity index is 301. The summed E-state index contributed by atoms with van der Waals surface area (Å²) in [5, 5.41) is 14.9. The number of hydrogen-bond donors (Lipinski definition) is 3. The quantitative estimate of drug-likeness (QED) is 0.653. The third kappa shape index (κ3) is 6.05. The van der Waals surface area contributed by atoms with Gasteiger partial charge in [-0.25, -0.2) is 0 Å². The number of carboxylic acid groups (broad SMARTS) is 1. The lowest BCUT2D eigenvalue weighted by atomic mass is 9.85. The van der Waals surface area contributed by atoms with Gasteiger partial charge >= 0.3 is 5.97 Å². The molecule has 19 heavy (non-hydrogen) atoms. The van der Waals surface area contributed by atoms with E-state index >= 15 is 0 Å². The highest BCUT2D eigenvalue weighted by Gasteiger charge is 2.23. The fourth-order valence-corrected chi connectivity index (χ4v) is 2.62. The minimum absolute atomic E-state index is 0.00159. The van der Waals surface area contributed by atoms with Crippen LogP contribution in [0.4, 0.5) is 0 Å². The molecule has 0 aromatic heterocycles. The highest BCUT2D eigenvalue weighted by molar-refractivity contribution is 5.77. The van der Waals surface area contributed by atoms with Crippen LogP contribution < -0.4 is 10.6 Å². The largest absolute Gasteiger partial charge is 0.481 e. The van der Waals surface area contributed by atoms with Gasteiger partial charge in [-0.15, -0.1) is 0 Å². The molecule has 1 rings (SSSR count). The Balaban J connectivity index is 2.34. The molecule has 1 saturated heterocycles.